The van der Waals surface area contributed by atoms with Gasteiger partial charge in [0.25, 0.3) is 5.91 Å². The van der Waals surface area contributed by atoms with Crippen LogP contribution in [-0.4, -0.2) is 40.1 Å². The molecule has 0 bridgehead atoms. The highest BCUT2D eigenvalue weighted by molar-refractivity contribution is 5.99. The molecule has 0 radical (unpaired) electrons. The summed E-state index contributed by atoms with van der Waals surface area (Å²) in [6.07, 6.45) is 1.72. The SMILES string of the molecule is CNC(=O)c1cn(C)c(-c2nc3cc(NC(=O)C(C)C)ccc3n2C)c1OC. The van der Waals surface area contributed by atoms with Gasteiger partial charge in [-0.15, -0.1) is 0 Å². The first-order valence-corrected chi connectivity index (χ1v) is 9.01. The number of methoxy groups -OCH3 is 1. The minimum Gasteiger partial charge on any atom is -0.494 e. The van der Waals surface area contributed by atoms with E-state index in [0.29, 0.717) is 28.5 Å². The van der Waals surface area contributed by atoms with E-state index in [1.165, 1.54) is 7.11 Å². The van der Waals surface area contributed by atoms with Crippen LogP contribution in [0.15, 0.2) is 24.4 Å². The summed E-state index contributed by atoms with van der Waals surface area (Å²) in [5, 5.41) is 5.52. The Kier molecular flexibility index (Phi) is 5.13. The van der Waals surface area contributed by atoms with Crippen molar-refractivity contribution < 1.29 is 14.3 Å². The molecule has 8 nitrogen and oxygen atoms in total. The molecular formula is C20H25N5O3. The number of nitrogens with one attached hydrogen (secondary N) is 2. The maximum atomic E-state index is 12.2. The summed E-state index contributed by atoms with van der Waals surface area (Å²) in [4.78, 5) is 28.9. The first kappa shape index (κ1) is 19.5. The van der Waals surface area contributed by atoms with Gasteiger partial charge in [-0.25, -0.2) is 4.98 Å². The molecule has 2 amide bonds. The smallest absolute Gasteiger partial charge is 0.256 e. The Hall–Kier alpha value is -3.29. The van der Waals surface area contributed by atoms with Gasteiger partial charge in [0.15, 0.2) is 11.6 Å². The van der Waals surface area contributed by atoms with Gasteiger partial charge in [-0.05, 0) is 18.2 Å². The summed E-state index contributed by atoms with van der Waals surface area (Å²) in [6, 6.07) is 5.61. The fourth-order valence-corrected chi connectivity index (χ4v) is 3.14. The second-order valence-electron chi connectivity index (χ2n) is 6.96. The average Bonchev–Trinajstić information content (AvgIpc) is 3.16. The van der Waals surface area contributed by atoms with Crippen LogP contribution in [0, 0.1) is 5.92 Å². The second-order valence-corrected chi connectivity index (χ2v) is 6.96. The number of benzene rings is 1. The van der Waals surface area contributed by atoms with Crippen molar-refractivity contribution in [2.24, 2.45) is 20.0 Å². The Morgan fingerprint density at radius 1 is 1.21 bits per heavy atom. The van der Waals surface area contributed by atoms with Crippen LogP contribution in [0.4, 0.5) is 5.69 Å². The number of carbonyl (C=O) groups excluding carboxylic acids is 2. The van der Waals surface area contributed by atoms with Crippen molar-refractivity contribution >= 4 is 28.5 Å². The highest BCUT2D eigenvalue weighted by Gasteiger charge is 2.24. The minimum absolute atomic E-state index is 0.0465. The first-order valence-electron chi connectivity index (χ1n) is 9.01. The maximum absolute atomic E-state index is 12.2. The van der Waals surface area contributed by atoms with Crippen LogP contribution in [0.5, 0.6) is 5.75 Å². The fraction of sp³-hybridized carbons (Fsp3) is 0.350. The Balaban J connectivity index is 2.12. The zero-order valence-corrected chi connectivity index (χ0v) is 17.0. The second kappa shape index (κ2) is 7.38. The molecule has 2 aromatic heterocycles. The molecule has 0 spiro atoms. The van der Waals surface area contributed by atoms with E-state index >= 15 is 0 Å². The van der Waals surface area contributed by atoms with Crippen LogP contribution < -0.4 is 15.4 Å². The zero-order valence-electron chi connectivity index (χ0n) is 17.0. The van der Waals surface area contributed by atoms with Gasteiger partial charge in [0, 0.05) is 38.9 Å². The van der Waals surface area contributed by atoms with E-state index in [2.05, 4.69) is 10.6 Å². The summed E-state index contributed by atoms with van der Waals surface area (Å²) >= 11 is 0. The van der Waals surface area contributed by atoms with E-state index in [1.807, 2.05) is 55.3 Å². The van der Waals surface area contributed by atoms with Gasteiger partial charge in [-0.1, -0.05) is 13.8 Å². The monoisotopic (exact) mass is 383 g/mol. The predicted octanol–water partition coefficient (Wildman–Crippen LogP) is 2.54. The molecule has 0 fully saturated rings. The Labute approximate surface area is 163 Å². The van der Waals surface area contributed by atoms with E-state index in [-0.39, 0.29) is 17.7 Å². The Bertz CT molecular complexity index is 1060. The summed E-state index contributed by atoms with van der Waals surface area (Å²) < 4.78 is 9.30. The molecule has 148 valence electrons. The molecule has 3 rings (SSSR count). The minimum atomic E-state index is -0.226. The molecule has 0 aliphatic heterocycles. The highest BCUT2D eigenvalue weighted by Crippen LogP contribution is 2.35. The number of aryl methyl sites for hydroxylation is 2. The molecule has 0 unspecified atom stereocenters. The number of carbonyl (C=O) groups is 2. The number of aromatic nitrogens is 3. The topological polar surface area (TPSA) is 90.2 Å². The van der Waals surface area contributed by atoms with Crippen molar-refractivity contribution in [2.75, 3.05) is 19.5 Å². The van der Waals surface area contributed by atoms with Crippen molar-refractivity contribution in [3.63, 3.8) is 0 Å². The Morgan fingerprint density at radius 2 is 1.93 bits per heavy atom. The number of nitrogens with zero attached hydrogens (tertiary/aromatic N) is 3. The van der Waals surface area contributed by atoms with E-state index in [1.54, 1.807) is 13.2 Å². The lowest BCUT2D eigenvalue weighted by Crippen LogP contribution is -2.17. The number of fused-ring (bicyclic) bond motifs is 1. The molecule has 1 aromatic carbocycles. The normalized spacial score (nSPS) is 11.1. The van der Waals surface area contributed by atoms with Gasteiger partial charge >= 0.3 is 0 Å². The van der Waals surface area contributed by atoms with Crippen molar-refractivity contribution in [3.8, 4) is 17.3 Å². The van der Waals surface area contributed by atoms with Gasteiger partial charge in [-0.2, -0.15) is 0 Å². The number of rotatable bonds is 5. The third-order valence-corrected chi connectivity index (χ3v) is 4.70. The Morgan fingerprint density at radius 3 is 2.54 bits per heavy atom. The van der Waals surface area contributed by atoms with Crippen LogP contribution in [-0.2, 0) is 18.9 Å². The third-order valence-electron chi connectivity index (χ3n) is 4.70. The van der Waals surface area contributed by atoms with Crippen molar-refractivity contribution in [2.45, 2.75) is 13.8 Å². The van der Waals surface area contributed by atoms with E-state index in [4.69, 9.17) is 9.72 Å². The molecule has 3 aromatic rings. The highest BCUT2D eigenvalue weighted by atomic mass is 16.5. The quantitative estimate of drug-likeness (QED) is 0.708. The van der Waals surface area contributed by atoms with E-state index < -0.39 is 0 Å². The molecule has 0 saturated heterocycles. The van der Waals surface area contributed by atoms with Gasteiger partial charge in [0.05, 0.1) is 23.7 Å². The van der Waals surface area contributed by atoms with Gasteiger partial charge in [0.1, 0.15) is 5.69 Å². The molecule has 0 atom stereocenters. The van der Waals surface area contributed by atoms with Crippen LogP contribution in [0.25, 0.3) is 22.6 Å². The van der Waals surface area contributed by atoms with Crippen LogP contribution in [0.1, 0.15) is 24.2 Å². The lowest BCUT2D eigenvalue weighted by Gasteiger charge is -2.08. The number of ether oxygens (including phenoxy) is 1. The number of hydrogen-bond acceptors (Lipinski definition) is 4. The molecule has 0 saturated carbocycles. The molecule has 0 aliphatic rings. The van der Waals surface area contributed by atoms with E-state index in [0.717, 1.165) is 11.0 Å². The fourth-order valence-electron chi connectivity index (χ4n) is 3.14. The van der Waals surface area contributed by atoms with Gasteiger partial charge < -0.3 is 24.5 Å². The third kappa shape index (κ3) is 3.21. The molecular weight excluding hydrogens is 358 g/mol. The van der Waals surface area contributed by atoms with Gasteiger partial charge in [0.2, 0.25) is 5.91 Å². The summed E-state index contributed by atoms with van der Waals surface area (Å²) in [6.45, 7) is 3.69. The predicted molar refractivity (Wildman–Crippen MR) is 109 cm³/mol. The molecule has 2 N–H and O–H groups in total. The van der Waals surface area contributed by atoms with Crippen molar-refractivity contribution in [1.82, 2.24) is 19.4 Å². The number of amides is 2. The number of imidazole rings is 1. The van der Waals surface area contributed by atoms with Crippen molar-refractivity contribution in [3.05, 3.63) is 30.0 Å². The van der Waals surface area contributed by atoms with Gasteiger partial charge in [-0.3, -0.25) is 9.59 Å². The maximum Gasteiger partial charge on any atom is 0.256 e. The van der Waals surface area contributed by atoms with E-state index in [9.17, 15) is 9.59 Å². The first-order chi connectivity index (χ1) is 13.3. The van der Waals surface area contributed by atoms with Crippen molar-refractivity contribution in [1.29, 1.82) is 0 Å². The lowest BCUT2D eigenvalue weighted by atomic mass is 10.2. The molecule has 0 aliphatic carbocycles. The lowest BCUT2D eigenvalue weighted by molar-refractivity contribution is -0.118. The largest absolute Gasteiger partial charge is 0.494 e. The summed E-state index contributed by atoms with van der Waals surface area (Å²) in [7, 11) is 6.87. The standard InChI is InChI=1S/C20H25N5O3/c1-11(2)19(26)22-12-7-8-15-14(9-12)23-18(25(15)5)16-17(28-6)13(10-24(16)4)20(27)21-3/h7-11H,1-6H3,(H,21,27)(H,22,26). The molecule has 28 heavy (non-hydrogen) atoms. The van der Waals surface area contributed by atoms with Crippen LogP contribution in [0.3, 0.4) is 0 Å². The van der Waals surface area contributed by atoms with Crippen LogP contribution >= 0.6 is 0 Å². The molecule has 8 heteroatoms. The number of anilines is 1. The summed E-state index contributed by atoms with van der Waals surface area (Å²) in [5.41, 5.74) is 3.49. The number of hydrogen-bond donors (Lipinski definition) is 2. The zero-order chi connectivity index (χ0) is 20.6. The molecule has 2 heterocycles. The average molecular weight is 383 g/mol. The summed E-state index contributed by atoms with van der Waals surface area (Å²) in [5.74, 6) is 0.752. The van der Waals surface area contributed by atoms with Crippen LogP contribution in [0.2, 0.25) is 0 Å².